The third kappa shape index (κ3) is 2.49. The first-order valence-corrected chi connectivity index (χ1v) is 6.27. The van der Waals surface area contributed by atoms with Gasteiger partial charge < -0.3 is 5.73 Å². The Morgan fingerprint density at radius 1 is 1.18 bits per heavy atom. The molecule has 0 heterocycles. The van der Waals surface area contributed by atoms with E-state index < -0.39 is 6.43 Å². The van der Waals surface area contributed by atoms with E-state index in [1.807, 2.05) is 6.07 Å². The zero-order chi connectivity index (χ0) is 12.3. The summed E-state index contributed by atoms with van der Waals surface area (Å²) in [6, 6.07) is 6.80. The van der Waals surface area contributed by atoms with Crippen LogP contribution >= 0.6 is 0 Å². The number of benzene rings is 1. The van der Waals surface area contributed by atoms with Crippen LogP contribution in [0, 0.1) is 0 Å². The van der Waals surface area contributed by atoms with Crippen LogP contribution in [0.15, 0.2) is 24.3 Å². The average Bonchev–Trinajstić information content (AvgIpc) is 2.39. The molecule has 2 rings (SSSR count). The van der Waals surface area contributed by atoms with E-state index in [2.05, 4.69) is 0 Å². The molecule has 3 heteroatoms. The minimum absolute atomic E-state index is 0.0663. The van der Waals surface area contributed by atoms with Gasteiger partial charge in [0.15, 0.2) is 0 Å². The molecule has 0 atom stereocenters. The van der Waals surface area contributed by atoms with Gasteiger partial charge in [0.25, 0.3) is 6.43 Å². The first-order chi connectivity index (χ1) is 8.18. The number of nitrogens with two attached hydrogens (primary N) is 1. The molecule has 0 radical (unpaired) electrons. The van der Waals surface area contributed by atoms with Crippen molar-refractivity contribution in [1.29, 1.82) is 0 Å². The molecule has 1 aliphatic carbocycles. The summed E-state index contributed by atoms with van der Waals surface area (Å²) in [5, 5.41) is 0. The Balaban J connectivity index is 2.33. The van der Waals surface area contributed by atoms with Crippen LogP contribution < -0.4 is 5.73 Å². The normalized spacial score (nSPS) is 19.5. The van der Waals surface area contributed by atoms with Crippen molar-refractivity contribution in [2.24, 2.45) is 5.73 Å². The standard InChI is InChI=1S/C14H19F2N/c15-13(16)11-5-4-6-12(9-11)14(10-17)7-2-1-3-8-14/h4-6,9,13H,1-3,7-8,10,17H2. The molecule has 0 unspecified atom stereocenters. The van der Waals surface area contributed by atoms with Crippen LogP contribution in [0.3, 0.4) is 0 Å². The molecule has 0 aliphatic heterocycles. The molecular weight excluding hydrogens is 220 g/mol. The van der Waals surface area contributed by atoms with E-state index >= 15 is 0 Å². The largest absolute Gasteiger partial charge is 0.330 e. The number of rotatable bonds is 3. The summed E-state index contributed by atoms with van der Waals surface area (Å²) in [6.07, 6.45) is 3.18. The summed E-state index contributed by atoms with van der Waals surface area (Å²) in [5.74, 6) is 0. The van der Waals surface area contributed by atoms with Crippen molar-refractivity contribution in [3.63, 3.8) is 0 Å². The molecule has 1 saturated carbocycles. The van der Waals surface area contributed by atoms with Crippen LogP contribution in [-0.4, -0.2) is 6.54 Å². The molecule has 0 saturated heterocycles. The Morgan fingerprint density at radius 2 is 1.88 bits per heavy atom. The lowest BCUT2D eigenvalue weighted by Gasteiger charge is -2.37. The molecular formula is C14H19F2N. The topological polar surface area (TPSA) is 26.0 Å². The Kier molecular flexibility index (Phi) is 3.77. The summed E-state index contributed by atoms with van der Waals surface area (Å²) in [4.78, 5) is 0. The average molecular weight is 239 g/mol. The van der Waals surface area contributed by atoms with Crippen LogP contribution in [0.25, 0.3) is 0 Å². The molecule has 1 aromatic carbocycles. The van der Waals surface area contributed by atoms with Gasteiger partial charge in [-0.15, -0.1) is 0 Å². The number of hydrogen-bond donors (Lipinski definition) is 1. The maximum absolute atomic E-state index is 12.7. The smallest absolute Gasteiger partial charge is 0.263 e. The highest BCUT2D eigenvalue weighted by Crippen LogP contribution is 2.39. The summed E-state index contributed by atoms with van der Waals surface area (Å²) >= 11 is 0. The van der Waals surface area contributed by atoms with Crippen LogP contribution in [0.2, 0.25) is 0 Å². The molecule has 17 heavy (non-hydrogen) atoms. The first kappa shape index (κ1) is 12.5. The van der Waals surface area contributed by atoms with Crippen LogP contribution in [0.4, 0.5) is 8.78 Å². The fourth-order valence-corrected chi connectivity index (χ4v) is 2.84. The van der Waals surface area contributed by atoms with E-state index in [-0.39, 0.29) is 11.0 Å². The summed E-state index contributed by atoms with van der Waals surface area (Å²) < 4.78 is 25.4. The second-order valence-electron chi connectivity index (χ2n) is 4.97. The van der Waals surface area contributed by atoms with E-state index in [0.29, 0.717) is 6.54 Å². The Bertz CT molecular complexity index is 370. The Labute approximate surface area is 101 Å². The molecule has 0 amide bonds. The number of alkyl halides is 2. The predicted octanol–water partition coefficient (Wildman–Crippen LogP) is 3.78. The van der Waals surface area contributed by atoms with Gasteiger partial charge in [0.1, 0.15) is 0 Å². The van der Waals surface area contributed by atoms with Gasteiger partial charge in [-0.05, 0) is 24.5 Å². The maximum atomic E-state index is 12.7. The molecule has 1 aromatic rings. The lowest BCUT2D eigenvalue weighted by atomic mass is 9.69. The van der Waals surface area contributed by atoms with Gasteiger partial charge in [-0.3, -0.25) is 0 Å². The SMILES string of the molecule is NCC1(c2cccc(C(F)F)c2)CCCCC1. The number of hydrogen-bond acceptors (Lipinski definition) is 1. The quantitative estimate of drug-likeness (QED) is 0.853. The molecule has 1 nitrogen and oxygen atoms in total. The molecule has 0 aromatic heterocycles. The zero-order valence-electron chi connectivity index (χ0n) is 9.96. The van der Waals surface area contributed by atoms with Crippen molar-refractivity contribution in [2.75, 3.05) is 6.54 Å². The van der Waals surface area contributed by atoms with Crippen molar-refractivity contribution < 1.29 is 8.78 Å². The second kappa shape index (κ2) is 5.13. The minimum atomic E-state index is -2.40. The summed E-state index contributed by atoms with van der Waals surface area (Å²) in [7, 11) is 0. The van der Waals surface area contributed by atoms with E-state index in [1.165, 1.54) is 12.5 Å². The van der Waals surface area contributed by atoms with Crippen molar-refractivity contribution in [1.82, 2.24) is 0 Å². The van der Waals surface area contributed by atoms with Crippen LogP contribution in [-0.2, 0) is 5.41 Å². The highest BCUT2D eigenvalue weighted by molar-refractivity contribution is 5.31. The molecule has 1 aliphatic rings. The van der Waals surface area contributed by atoms with Crippen LogP contribution in [0.1, 0.15) is 49.7 Å². The lowest BCUT2D eigenvalue weighted by molar-refractivity contribution is 0.151. The van der Waals surface area contributed by atoms with Gasteiger partial charge >= 0.3 is 0 Å². The molecule has 0 bridgehead atoms. The van der Waals surface area contributed by atoms with Gasteiger partial charge in [0.05, 0.1) is 0 Å². The third-order valence-electron chi connectivity index (χ3n) is 3.95. The Hall–Kier alpha value is -0.960. The third-order valence-corrected chi connectivity index (χ3v) is 3.95. The summed E-state index contributed by atoms with van der Waals surface area (Å²) in [5.41, 5.74) is 6.95. The summed E-state index contributed by atoms with van der Waals surface area (Å²) in [6.45, 7) is 0.555. The van der Waals surface area contributed by atoms with E-state index in [4.69, 9.17) is 5.73 Å². The fourth-order valence-electron chi connectivity index (χ4n) is 2.84. The molecule has 1 fully saturated rings. The van der Waals surface area contributed by atoms with Crippen LogP contribution in [0.5, 0.6) is 0 Å². The van der Waals surface area contributed by atoms with Crippen molar-refractivity contribution in [3.8, 4) is 0 Å². The van der Waals surface area contributed by atoms with E-state index in [0.717, 1.165) is 31.2 Å². The van der Waals surface area contributed by atoms with E-state index in [9.17, 15) is 8.78 Å². The highest BCUT2D eigenvalue weighted by Gasteiger charge is 2.32. The van der Waals surface area contributed by atoms with Crippen molar-refractivity contribution in [3.05, 3.63) is 35.4 Å². The van der Waals surface area contributed by atoms with E-state index in [1.54, 1.807) is 12.1 Å². The van der Waals surface area contributed by atoms with Crippen molar-refractivity contribution >= 4 is 0 Å². The zero-order valence-corrected chi connectivity index (χ0v) is 9.96. The van der Waals surface area contributed by atoms with Gasteiger partial charge in [-0.25, -0.2) is 8.78 Å². The lowest BCUT2D eigenvalue weighted by Crippen LogP contribution is -2.37. The van der Waals surface area contributed by atoms with Gasteiger partial charge in [-0.1, -0.05) is 37.5 Å². The second-order valence-corrected chi connectivity index (χ2v) is 4.97. The van der Waals surface area contributed by atoms with Gasteiger partial charge in [0.2, 0.25) is 0 Å². The number of halogens is 2. The maximum Gasteiger partial charge on any atom is 0.263 e. The predicted molar refractivity (Wildman–Crippen MR) is 65.2 cm³/mol. The molecule has 0 spiro atoms. The van der Waals surface area contributed by atoms with Gasteiger partial charge in [0, 0.05) is 17.5 Å². The van der Waals surface area contributed by atoms with Crippen molar-refractivity contribution in [2.45, 2.75) is 43.9 Å². The monoisotopic (exact) mass is 239 g/mol. The van der Waals surface area contributed by atoms with Gasteiger partial charge in [-0.2, -0.15) is 0 Å². The molecule has 94 valence electrons. The fraction of sp³-hybridized carbons (Fsp3) is 0.571. The molecule has 2 N–H and O–H groups in total. The Morgan fingerprint density at radius 3 is 2.47 bits per heavy atom. The highest BCUT2D eigenvalue weighted by atomic mass is 19.3. The first-order valence-electron chi connectivity index (χ1n) is 6.27. The minimum Gasteiger partial charge on any atom is -0.330 e.